The maximum Gasteiger partial charge on any atom is 0.0853 e. The zero-order chi connectivity index (χ0) is 22.0. The molecule has 29 heavy (non-hydrogen) atoms. The Bertz CT molecular complexity index is 822. The molecule has 0 saturated heterocycles. The summed E-state index contributed by atoms with van der Waals surface area (Å²) in [6, 6.07) is 11.3. The first-order valence-corrected chi connectivity index (χ1v) is 11.1. The van der Waals surface area contributed by atoms with Crippen molar-refractivity contribution < 1.29 is 5.11 Å². The molecule has 0 aliphatic heterocycles. The van der Waals surface area contributed by atoms with Crippen LogP contribution in [-0.4, -0.2) is 5.11 Å². The summed E-state index contributed by atoms with van der Waals surface area (Å²) in [5.41, 5.74) is 9.70. The van der Waals surface area contributed by atoms with Gasteiger partial charge in [-0.05, 0) is 78.1 Å². The maximum absolute atomic E-state index is 8.79. The molecule has 0 radical (unpaired) electrons. The van der Waals surface area contributed by atoms with Gasteiger partial charge in [-0.25, -0.2) is 0 Å². The molecular formula is C28H40O. The van der Waals surface area contributed by atoms with Crippen LogP contribution < -0.4 is 0 Å². The Kier molecular flexibility index (Phi) is 10.5. The molecule has 0 amide bonds. The van der Waals surface area contributed by atoms with E-state index in [0.717, 1.165) is 25.7 Å². The minimum absolute atomic E-state index is 0.323. The molecule has 0 aromatic heterocycles. The number of aryl methyl sites for hydroxylation is 2. The molecule has 0 saturated carbocycles. The van der Waals surface area contributed by atoms with Crippen molar-refractivity contribution in [1.82, 2.24) is 0 Å². The van der Waals surface area contributed by atoms with Crippen molar-refractivity contribution in [3.63, 3.8) is 0 Å². The lowest BCUT2D eigenvalue weighted by Gasteiger charge is -2.13. The first kappa shape index (κ1) is 24.8. The molecular weight excluding hydrogens is 352 g/mol. The van der Waals surface area contributed by atoms with E-state index in [1.54, 1.807) is 0 Å². The molecule has 1 nitrogen and oxygen atoms in total. The third-order valence-electron chi connectivity index (χ3n) is 5.69. The van der Waals surface area contributed by atoms with E-state index in [1.807, 2.05) is 13.8 Å². The Morgan fingerprint density at radius 1 is 1.00 bits per heavy atom. The number of aliphatic hydroxyl groups is 1. The summed E-state index contributed by atoms with van der Waals surface area (Å²) in [5, 5.41) is 8.79. The molecule has 0 spiro atoms. The van der Waals surface area contributed by atoms with E-state index < -0.39 is 0 Å². The van der Waals surface area contributed by atoms with Crippen LogP contribution in [0.25, 0.3) is 17.2 Å². The van der Waals surface area contributed by atoms with Crippen LogP contribution in [0.3, 0.4) is 0 Å². The zero-order valence-corrected chi connectivity index (χ0v) is 19.6. The van der Waals surface area contributed by atoms with E-state index >= 15 is 0 Å². The van der Waals surface area contributed by atoms with Gasteiger partial charge in [0.2, 0.25) is 0 Å². The van der Waals surface area contributed by atoms with Crippen molar-refractivity contribution in [2.75, 3.05) is 0 Å². The number of aliphatic hydroxyl groups excluding tert-OH is 1. The summed E-state index contributed by atoms with van der Waals surface area (Å²) >= 11 is 0. The number of benzene rings is 2. The maximum atomic E-state index is 8.79. The Morgan fingerprint density at radius 3 is 2.17 bits per heavy atom. The number of allylic oxidation sites excluding steroid dienone is 2. The van der Waals surface area contributed by atoms with Crippen molar-refractivity contribution in [2.24, 2.45) is 5.92 Å². The second kappa shape index (κ2) is 12.3. The lowest BCUT2D eigenvalue weighted by molar-refractivity contribution is 0.343. The summed E-state index contributed by atoms with van der Waals surface area (Å²) in [6.07, 6.45) is 8.60. The van der Waals surface area contributed by atoms with E-state index in [0.29, 0.717) is 11.7 Å². The van der Waals surface area contributed by atoms with E-state index in [9.17, 15) is 0 Å². The fourth-order valence-electron chi connectivity index (χ4n) is 3.71. The molecule has 2 aromatic carbocycles. The van der Waals surface area contributed by atoms with Crippen LogP contribution in [0.1, 0.15) is 74.8 Å². The smallest absolute Gasteiger partial charge is 0.0853 e. The topological polar surface area (TPSA) is 20.2 Å². The average molecular weight is 393 g/mol. The average Bonchev–Trinajstić information content (AvgIpc) is 3.19. The number of hydrogen-bond acceptors (Lipinski definition) is 1. The molecule has 1 aliphatic carbocycles. The Hall–Kier alpha value is -2.28. The summed E-state index contributed by atoms with van der Waals surface area (Å²) in [6.45, 7) is 18.3. The first-order chi connectivity index (χ1) is 13.9. The Labute approximate surface area is 179 Å². The highest BCUT2D eigenvalue weighted by Gasteiger charge is 2.11. The lowest BCUT2D eigenvalue weighted by Crippen LogP contribution is -1.97. The largest absolute Gasteiger partial charge is 0.513 e. The van der Waals surface area contributed by atoms with Crippen LogP contribution in [0.15, 0.2) is 48.7 Å². The van der Waals surface area contributed by atoms with Gasteiger partial charge in [0.15, 0.2) is 0 Å². The van der Waals surface area contributed by atoms with Crippen molar-refractivity contribution in [1.29, 1.82) is 0 Å². The van der Waals surface area contributed by atoms with Crippen LogP contribution in [-0.2, 0) is 6.42 Å². The van der Waals surface area contributed by atoms with Crippen LogP contribution in [0, 0.1) is 26.7 Å². The monoisotopic (exact) mass is 392 g/mol. The highest BCUT2D eigenvalue weighted by molar-refractivity contribution is 5.76. The predicted molar refractivity (Wildman–Crippen MR) is 131 cm³/mol. The highest BCUT2D eigenvalue weighted by atomic mass is 16.3. The minimum atomic E-state index is 0.323. The van der Waals surface area contributed by atoms with Crippen LogP contribution in [0.5, 0.6) is 0 Å². The molecule has 3 rings (SSSR count). The van der Waals surface area contributed by atoms with Crippen LogP contribution in [0.4, 0.5) is 0 Å². The molecule has 0 atom stereocenters. The second-order valence-electron chi connectivity index (χ2n) is 7.67. The fourth-order valence-corrected chi connectivity index (χ4v) is 3.71. The van der Waals surface area contributed by atoms with Gasteiger partial charge >= 0.3 is 0 Å². The molecule has 0 unspecified atom stereocenters. The third-order valence-corrected chi connectivity index (χ3v) is 5.69. The molecule has 1 N–H and O–H groups in total. The minimum Gasteiger partial charge on any atom is -0.513 e. The number of fused-ring (bicyclic) bond motifs is 1. The molecule has 1 aliphatic rings. The van der Waals surface area contributed by atoms with Gasteiger partial charge in [0.25, 0.3) is 0 Å². The molecule has 2 aromatic rings. The SMILES string of the molecule is C=C(O)CC(CC)CC.CC.Cc1ccc(C)c(-c2ccc3c(c2)C=CC3)c1C. The second-order valence-corrected chi connectivity index (χ2v) is 7.67. The Morgan fingerprint density at radius 2 is 1.62 bits per heavy atom. The van der Waals surface area contributed by atoms with E-state index in [-0.39, 0.29) is 0 Å². The molecule has 0 heterocycles. The summed E-state index contributed by atoms with van der Waals surface area (Å²) in [5.74, 6) is 0.950. The van der Waals surface area contributed by atoms with E-state index in [4.69, 9.17) is 5.11 Å². The standard InChI is InChI=1S/C18H18.C8H16O.C2H6/c1-12-7-8-13(2)18(14(12)3)17-10-9-15-5-4-6-16(15)11-17;1-4-8(5-2)6-7(3)9;1-2/h4,6-11H,5H2,1-3H3;8-9H,3-6H2,1-2H3;1-2H3. The number of hydrogen-bond donors (Lipinski definition) is 1. The van der Waals surface area contributed by atoms with E-state index in [2.05, 4.69) is 83.7 Å². The van der Waals surface area contributed by atoms with Crippen molar-refractivity contribution in [2.45, 2.75) is 74.1 Å². The first-order valence-electron chi connectivity index (χ1n) is 11.1. The van der Waals surface area contributed by atoms with E-state index in [1.165, 1.54) is 38.9 Å². The quantitative estimate of drug-likeness (QED) is 0.504. The van der Waals surface area contributed by atoms with Crippen molar-refractivity contribution in [3.8, 4) is 11.1 Å². The van der Waals surface area contributed by atoms with Gasteiger partial charge in [-0.1, -0.05) is 83.5 Å². The van der Waals surface area contributed by atoms with Crippen LogP contribution in [0.2, 0.25) is 0 Å². The van der Waals surface area contributed by atoms with Gasteiger partial charge in [-0.2, -0.15) is 0 Å². The van der Waals surface area contributed by atoms with Gasteiger partial charge in [0.1, 0.15) is 0 Å². The summed E-state index contributed by atoms with van der Waals surface area (Å²) < 4.78 is 0. The lowest BCUT2D eigenvalue weighted by atomic mass is 9.91. The van der Waals surface area contributed by atoms with Gasteiger partial charge in [0, 0.05) is 6.42 Å². The van der Waals surface area contributed by atoms with Gasteiger partial charge in [-0.3, -0.25) is 0 Å². The normalized spacial score (nSPS) is 11.3. The summed E-state index contributed by atoms with van der Waals surface area (Å²) in [7, 11) is 0. The van der Waals surface area contributed by atoms with Gasteiger partial charge in [-0.15, -0.1) is 0 Å². The number of rotatable bonds is 5. The molecule has 0 bridgehead atoms. The Balaban J connectivity index is 0.000000327. The highest BCUT2D eigenvalue weighted by Crippen LogP contribution is 2.32. The summed E-state index contributed by atoms with van der Waals surface area (Å²) in [4.78, 5) is 0. The van der Waals surface area contributed by atoms with Gasteiger partial charge < -0.3 is 5.11 Å². The zero-order valence-electron chi connectivity index (χ0n) is 19.6. The van der Waals surface area contributed by atoms with Crippen LogP contribution >= 0.6 is 0 Å². The molecule has 158 valence electrons. The molecule has 1 heteroatoms. The van der Waals surface area contributed by atoms with Gasteiger partial charge in [0.05, 0.1) is 5.76 Å². The van der Waals surface area contributed by atoms with Crippen molar-refractivity contribution in [3.05, 3.63) is 76.6 Å². The fraction of sp³-hybridized carbons (Fsp3) is 0.429. The molecule has 0 fully saturated rings. The predicted octanol–water partition coefficient (Wildman–Crippen LogP) is 8.76. The van der Waals surface area contributed by atoms with Crippen molar-refractivity contribution >= 4 is 6.08 Å². The third kappa shape index (κ3) is 6.92.